The van der Waals surface area contributed by atoms with Crippen LogP contribution in [0.3, 0.4) is 0 Å². The molecular weight excluding hydrogens is 398 g/mol. The van der Waals surface area contributed by atoms with Crippen LogP contribution in [0.1, 0.15) is 23.6 Å². The van der Waals surface area contributed by atoms with Crippen molar-refractivity contribution in [2.45, 2.75) is 32.7 Å². The number of ether oxygens (including phenoxy) is 2. The van der Waals surface area contributed by atoms with Crippen LogP contribution in [-0.2, 0) is 27.2 Å². The third-order valence-electron chi connectivity index (χ3n) is 4.98. The molecule has 1 N–H and O–H groups in total. The van der Waals surface area contributed by atoms with Gasteiger partial charge < -0.3 is 19.2 Å². The molecule has 0 bridgehead atoms. The lowest BCUT2D eigenvalue weighted by Crippen LogP contribution is -2.44. The van der Waals surface area contributed by atoms with E-state index >= 15 is 0 Å². The lowest BCUT2D eigenvalue weighted by molar-refractivity contribution is -0.145. The summed E-state index contributed by atoms with van der Waals surface area (Å²) in [4.78, 5) is 36.3. The number of hydrogen-bond acceptors (Lipinski definition) is 6. The molecule has 0 unspecified atom stereocenters. The Morgan fingerprint density at radius 3 is 2.55 bits per heavy atom. The third-order valence-corrected chi connectivity index (χ3v) is 4.98. The third kappa shape index (κ3) is 5.51. The Hall–Kier alpha value is -3.61. The fourth-order valence-corrected chi connectivity index (χ4v) is 3.37. The molecule has 0 aliphatic rings. The van der Waals surface area contributed by atoms with Gasteiger partial charge in [0, 0.05) is 23.9 Å². The molecule has 3 aromatic rings. The highest BCUT2D eigenvalue weighted by molar-refractivity contribution is 5.86. The lowest BCUT2D eigenvalue weighted by Gasteiger charge is -2.17. The van der Waals surface area contributed by atoms with Crippen molar-refractivity contribution in [2.75, 3.05) is 13.7 Å². The van der Waals surface area contributed by atoms with Crippen molar-refractivity contribution in [3.8, 4) is 5.75 Å². The predicted octanol–water partition coefficient (Wildman–Crippen LogP) is 2.94. The van der Waals surface area contributed by atoms with Gasteiger partial charge in [0.25, 0.3) is 5.91 Å². The van der Waals surface area contributed by atoms with Crippen molar-refractivity contribution in [2.24, 2.45) is 0 Å². The van der Waals surface area contributed by atoms with Gasteiger partial charge in [-0.25, -0.2) is 9.59 Å². The molecule has 1 aromatic heterocycles. The van der Waals surface area contributed by atoms with Crippen molar-refractivity contribution >= 4 is 22.8 Å². The minimum atomic E-state index is -0.827. The number of fused-ring (bicyclic) bond motifs is 1. The summed E-state index contributed by atoms with van der Waals surface area (Å²) in [6.07, 6.45) is 0.976. The van der Waals surface area contributed by atoms with Gasteiger partial charge in [0.2, 0.25) is 0 Å². The Balaban J connectivity index is 1.73. The smallest absolute Gasteiger partial charge is 0.336 e. The molecule has 0 aliphatic carbocycles. The topological polar surface area (TPSA) is 94.8 Å². The highest BCUT2D eigenvalue weighted by Crippen LogP contribution is 2.27. The quantitative estimate of drug-likeness (QED) is 0.442. The Morgan fingerprint density at radius 1 is 1.13 bits per heavy atom. The number of hydrogen-bond donors (Lipinski definition) is 1. The first-order valence-corrected chi connectivity index (χ1v) is 10.0. The Bertz CT molecular complexity index is 1140. The van der Waals surface area contributed by atoms with Crippen LogP contribution in [0.5, 0.6) is 5.75 Å². The summed E-state index contributed by atoms with van der Waals surface area (Å²) in [6, 6.07) is 13.5. The molecule has 7 nitrogen and oxygen atoms in total. The first kappa shape index (κ1) is 22.1. The number of carbonyl (C=O) groups excluding carboxylic acids is 2. The normalized spacial score (nSPS) is 11.7. The van der Waals surface area contributed by atoms with Gasteiger partial charge in [-0.3, -0.25) is 4.79 Å². The molecule has 3 rings (SSSR count). The number of benzene rings is 2. The van der Waals surface area contributed by atoms with E-state index < -0.39 is 23.5 Å². The van der Waals surface area contributed by atoms with E-state index in [1.807, 2.05) is 50.2 Å². The van der Waals surface area contributed by atoms with Crippen LogP contribution in [0, 0.1) is 6.92 Å². The Labute approximate surface area is 180 Å². The molecule has 0 spiro atoms. The Kier molecular flexibility index (Phi) is 7.07. The minimum absolute atomic E-state index is 0.295. The summed E-state index contributed by atoms with van der Waals surface area (Å²) in [5, 5.41) is 3.49. The highest BCUT2D eigenvalue weighted by Gasteiger charge is 2.22. The SMILES string of the molecule is CCc1cc2c(C)cc(=O)oc2cc1OCC(=O)N[C@@H](Cc1ccccc1)C(=O)OC. The maximum atomic E-state index is 12.5. The summed E-state index contributed by atoms with van der Waals surface area (Å²) < 4.78 is 15.8. The zero-order valence-corrected chi connectivity index (χ0v) is 17.8. The number of methoxy groups -OCH3 is 1. The highest BCUT2D eigenvalue weighted by atomic mass is 16.5. The van der Waals surface area contributed by atoms with Crippen LogP contribution in [-0.4, -0.2) is 31.6 Å². The van der Waals surface area contributed by atoms with Gasteiger partial charge in [-0.15, -0.1) is 0 Å². The van der Waals surface area contributed by atoms with Crippen LogP contribution < -0.4 is 15.7 Å². The fourth-order valence-electron chi connectivity index (χ4n) is 3.37. The molecule has 1 atom stereocenters. The first-order chi connectivity index (χ1) is 14.9. The number of amides is 1. The lowest BCUT2D eigenvalue weighted by atomic mass is 10.1. The molecular formula is C24H25NO6. The van der Waals surface area contributed by atoms with E-state index in [9.17, 15) is 14.4 Å². The van der Waals surface area contributed by atoms with Crippen molar-refractivity contribution in [1.82, 2.24) is 5.32 Å². The molecule has 0 saturated carbocycles. The molecule has 0 aliphatic heterocycles. The van der Waals surface area contributed by atoms with Crippen molar-refractivity contribution in [3.05, 3.63) is 75.6 Å². The number of nitrogens with one attached hydrogen (secondary N) is 1. The monoisotopic (exact) mass is 423 g/mol. The minimum Gasteiger partial charge on any atom is -0.483 e. The average Bonchev–Trinajstić information content (AvgIpc) is 2.76. The van der Waals surface area contributed by atoms with E-state index in [2.05, 4.69) is 5.32 Å². The fraction of sp³-hybridized carbons (Fsp3) is 0.292. The maximum Gasteiger partial charge on any atom is 0.336 e. The zero-order chi connectivity index (χ0) is 22.4. The summed E-state index contributed by atoms with van der Waals surface area (Å²) in [5.74, 6) is -0.537. The largest absolute Gasteiger partial charge is 0.483 e. The predicted molar refractivity (Wildman–Crippen MR) is 116 cm³/mol. The molecule has 31 heavy (non-hydrogen) atoms. The number of rotatable bonds is 8. The van der Waals surface area contributed by atoms with Crippen molar-refractivity contribution < 1.29 is 23.5 Å². The van der Waals surface area contributed by atoms with Gasteiger partial charge in [0.05, 0.1) is 7.11 Å². The molecule has 7 heteroatoms. The van der Waals surface area contributed by atoms with E-state index in [0.29, 0.717) is 24.2 Å². The summed E-state index contributed by atoms with van der Waals surface area (Å²) in [5.41, 5.74) is 2.54. The van der Waals surface area contributed by atoms with Gasteiger partial charge >= 0.3 is 11.6 Å². The number of esters is 1. The van der Waals surface area contributed by atoms with Crippen molar-refractivity contribution in [1.29, 1.82) is 0 Å². The van der Waals surface area contributed by atoms with Crippen molar-refractivity contribution in [3.63, 3.8) is 0 Å². The second-order valence-corrected chi connectivity index (χ2v) is 7.18. The van der Waals surface area contributed by atoms with Crippen LogP contribution in [0.4, 0.5) is 0 Å². The molecule has 162 valence electrons. The number of aryl methyl sites for hydroxylation is 2. The van der Waals surface area contributed by atoms with Crippen LogP contribution in [0.2, 0.25) is 0 Å². The molecule has 0 saturated heterocycles. The average molecular weight is 423 g/mol. The van der Waals surface area contributed by atoms with Crippen LogP contribution in [0.25, 0.3) is 11.0 Å². The Morgan fingerprint density at radius 2 is 1.87 bits per heavy atom. The van der Waals surface area contributed by atoms with Crippen LogP contribution in [0.15, 0.2) is 57.7 Å². The zero-order valence-electron chi connectivity index (χ0n) is 17.8. The van der Waals surface area contributed by atoms with Gasteiger partial charge in [-0.1, -0.05) is 37.3 Å². The molecule has 0 radical (unpaired) electrons. The first-order valence-electron chi connectivity index (χ1n) is 10.0. The van der Waals surface area contributed by atoms with Gasteiger partial charge in [-0.05, 0) is 36.1 Å². The molecule has 1 heterocycles. The molecule has 0 fully saturated rings. The van der Waals surface area contributed by atoms with E-state index in [0.717, 1.165) is 22.1 Å². The summed E-state index contributed by atoms with van der Waals surface area (Å²) >= 11 is 0. The molecule has 2 aromatic carbocycles. The summed E-state index contributed by atoms with van der Waals surface area (Å²) in [7, 11) is 1.28. The van der Waals surface area contributed by atoms with E-state index in [4.69, 9.17) is 13.9 Å². The van der Waals surface area contributed by atoms with E-state index in [-0.39, 0.29) is 6.61 Å². The van der Waals surface area contributed by atoms with Gasteiger partial charge in [-0.2, -0.15) is 0 Å². The maximum absolute atomic E-state index is 12.5. The van der Waals surface area contributed by atoms with E-state index in [1.54, 1.807) is 6.07 Å². The standard InChI is InChI=1S/C24H25NO6/c1-4-17-12-18-15(2)10-23(27)31-21(18)13-20(17)30-14-22(26)25-19(24(28)29-3)11-16-8-6-5-7-9-16/h5-10,12-13,19H,4,11,14H2,1-3H3,(H,25,26)/t19-/m0/s1. The second kappa shape index (κ2) is 9.93. The van der Waals surface area contributed by atoms with E-state index in [1.165, 1.54) is 13.2 Å². The van der Waals surface area contributed by atoms with Gasteiger partial charge in [0.1, 0.15) is 17.4 Å². The molecule has 1 amide bonds. The van der Waals surface area contributed by atoms with Crippen LogP contribution >= 0.6 is 0 Å². The summed E-state index contributed by atoms with van der Waals surface area (Å²) in [6.45, 7) is 3.51. The second-order valence-electron chi connectivity index (χ2n) is 7.18. The number of carbonyl (C=O) groups is 2. The van der Waals surface area contributed by atoms with Gasteiger partial charge in [0.15, 0.2) is 6.61 Å².